The van der Waals surface area contributed by atoms with E-state index in [0.717, 1.165) is 5.56 Å². The Bertz CT molecular complexity index is 893. The minimum atomic E-state index is -3.45. The Morgan fingerprint density at radius 2 is 1.63 bits per heavy atom. The Hall–Kier alpha value is -2.58. The average Bonchev–Trinajstić information content (AvgIpc) is 2.66. The molecule has 0 heterocycles. The summed E-state index contributed by atoms with van der Waals surface area (Å²) in [5, 5.41) is 2.81. The molecule has 0 radical (unpaired) electrons. The standard InChI is InChI=1S/C19H24N2O5S/c1-21(2)27(23,24)16-9-5-14(6-10-16)7-12-19(22)20-15-8-11-17(25-3)18(13-15)26-4/h5-6,8-11,13H,7,12H2,1-4H3,(H,20,22). The monoisotopic (exact) mass is 392 g/mol. The van der Waals surface area contributed by atoms with E-state index in [0.29, 0.717) is 23.6 Å². The van der Waals surface area contributed by atoms with Crippen molar-refractivity contribution in [2.24, 2.45) is 0 Å². The van der Waals surface area contributed by atoms with Gasteiger partial charge in [0.2, 0.25) is 15.9 Å². The molecule has 0 saturated heterocycles. The van der Waals surface area contributed by atoms with E-state index in [4.69, 9.17) is 9.47 Å². The first kappa shape index (κ1) is 20.7. The van der Waals surface area contributed by atoms with Crippen molar-refractivity contribution in [3.63, 3.8) is 0 Å². The van der Waals surface area contributed by atoms with Crippen LogP contribution in [-0.2, 0) is 21.2 Å². The van der Waals surface area contributed by atoms with Gasteiger partial charge in [-0.15, -0.1) is 0 Å². The van der Waals surface area contributed by atoms with Gasteiger partial charge in [-0.3, -0.25) is 4.79 Å². The molecule has 8 heteroatoms. The van der Waals surface area contributed by atoms with Gasteiger partial charge in [-0.1, -0.05) is 12.1 Å². The molecular formula is C19H24N2O5S. The van der Waals surface area contributed by atoms with Gasteiger partial charge in [0, 0.05) is 32.3 Å². The van der Waals surface area contributed by atoms with Crippen LogP contribution in [0.4, 0.5) is 5.69 Å². The second kappa shape index (κ2) is 8.88. The number of methoxy groups -OCH3 is 2. The van der Waals surface area contributed by atoms with Crippen LogP contribution in [0, 0.1) is 0 Å². The number of hydrogen-bond donors (Lipinski definition) is 1. The van der Waals surface area contributed by atoms with Gasteiger partial charge >= 0.3 is 0 Å². The molecule has 0 saturated carbocycles. The summed E-state index contributed by atoms with van der Waals surface area (Å²) in [5.74, 6) is 0.975. The number of benzene rings is 2. The summed E-state index contributed by atoms with van der Waals surface area (Å²) in [7, 11) is 2.61. The van der Waals surface area contributed by atoms with Crippen molar-refractivity contribution in [2.45, 2.75) is 17.7 Å². The molecule has 2 aromatic carbocycles. The molecular weight excluding hydrogens is 368 g/mol. The summed E-state index contributed by atoms with van der Waals surface area (Å²) < 4.78 is 35.7. The predicted octanol–water partition coefficient (Wildman–Crippen LogP) is 2.53. The summed E-state index contributed by atoms with van der Waals surface area (Å²) in [6.45, 7) is 0. The number of carbonyl (C=O) groups excluding carboxylic acids is 1. The second-order valence-corrected chi connectivity index (χ2v) is 8.20. The number of rotatable bonds is 8. The zero-order valence-corrected chi connectivity index (χ0v) is 16.7. The van der Waals surface area contributed by atoms with Gasteiger partial charge in [0.1, 0.15) is 0 Å². The molecule has 1 amide bonds. The van der Waals surface area contributed by atoms with Gasteiger partial charge in [-0.05, 0) is 36.2 Å². The number of hydrogen-bond acceptors (Lipinski definition) is 5. The van der Waals surface area contributed by atoms with Crippen LogP contribution in [0.15, 0.2) is 47.4 Å². The number of sulfonamides is 1. The van der Waals surface area contributed by atoms with Crippen molar-refractivity contribution >= 4 is 21.6 Å². The molecule has 27 heavy (non-hydrogen) atoms. The molecule has 0 spiro atoms. The van der Waals surface area contributed by atoms with Gasteiger partial charge in [0.05, 0.1) is 19.1 Å². The minimum absolute atomic E-state index is 0.146. The number of amides is 1. The van der Waals surface area contributed by atoms with E-state index in [-0.39, 0.29) is 17.2 Å². The maximum absolute atomic E-state index is 12.2. The largest absolute Gasteiger partial charge is 0.493 e. The van der Waals surface area contributed by atoms with Crippen molar-refractivity contribution in [3.8, 4) is 11.5 Å². The first-order chi connectivity index (χ1) is 12.8. The number of nitrogens with zero attached hydrogens (tertiary/aromatic N) is 1. The second-order valence-electron chi connectivity index (χ2n) is 6.05. The van der Waals surface area contributed by atoms with Crippen LogP contribution in [0.5, 0.6) is 11.5 Å². The lowest BCUT2D eigenvalue weighted by atomic mass is 10.1. The van der Waals surface area contributed by atoms with Crippen LogP contribution in [0.3, 0.4) is 0 Å². The fourth-order valence-electron chi connectivity index (χ4n) is 2.43. The van der Waals surface area contributed by atoms with Crippen LogP contribution in [0.2, 0.25) is 0 Å². The Kier molecular flexibility index (Phi) is 6.81. The van der Waals surface area contributed by atoms with Crippen LogP contribution >= 0.6 is 0 Å². The van der Waals surface area contributed by atoms with Crippen LogP contribution in [0.25, 0.3) is 0 Å². The normalized spacial score (nSPS) is 11.3. The number of nitrogens with one attached hydrogen (secondary N) is 1. The fourth-order valence-corrected chi connectivity index (χ4v) is 3.34. The summed E-state index contributed by atoms with van der Waals surface area (Å²) in [5.41, 5.74) is 1.50. The Morgan fingerprint density at radius 3 is 2.19 bits per heavy atom. The predicted molar refractivity (Wildman–Crippen MR) is 104 cm³/mol. The van der Waals surface area contributed by atoms with E-state index < -0.39 is 10.0 Å². The van der Waals surface area contributed by atoms with Crippen LogP contribution < -0.4 is 14.8 Å². The first-order valence-electron chi connectivity index (χ1n) is 8.31. The van der Waals surface area contributed by atoms with Crippen molar-refractivity contribution in [1.29, 1.82) is 0 Å². The molecule has 146 valence electrons. The van der Waals surface area contributed by atoms with Crippen molar-refractivity contribution in [2.75, 3.05) is 33.6 Å². The lowest BCUT2D eigenvalue weighted by Gasteiger charge is -2.12. The highest BCUT2D eigenvalue weighted by Gasteiger charge is 2.16. The Labute approximate surface area is 160 Å². The van der Waals surface area contributed by atoms with Gasteiger partial charge in [0.25, 0.3) is 0 Å². The quantitative estimate of drug-likeness (QED) is 0.746. The first-order valence-corrected chi connectivity index (χ1v) is 9.75. The minimum Gasteiger partial charge on any atom is -0.493 e. The van der Waals surface area contributed by atoms with Gasteiger partial charge in [-0.2, -0.15) is 0 Å². The number of carbonyl (C=O) groups is 1. The molecule has 0 aromatic heterocycles. The number of aryl methyl sites for hydroxylation is 1. The maximum atomic E-state index is 12.2. The Morgan fingerprint density at radius 1 is 1.00 bits per heavy atom. The highest BCUT2D eigenvalue weighted by atomic mass is 32.2. The average molecular weight is 392 g/mol. The van der Waals surface area contributed by atoms with E-state index in [1.807, 2.05) is 0 Å². The van der Waals surface area contributed by atoms with E-state index >= 15 is 0 Å². The fraction of sp³-hybridized carbons (Fsp3) is 0.316. The number of anilines is 1. The van der Waals surface area contributed by atoms with E-state index in [1.54, 1.807) is 49.6 Å². The smallest absolute Gasteiger partial charge is 0.242 e. The van der Waals surface area contributed by atoms with Crippen LogP contribution in [-0.4, -0.2) is 46.9 Å². The molecule has 0 bridgehead atoms. The molecule has 1 N–H and O–H groups in total. The molecule has 2 aromatic rings. The molecule has 0 aliphatic rings. The van der Waals surface area contributed by atoms with E-state index in [2.05, 4.69) is 5.32 Å². The van der Waals surface area contributed by atoms with Crippen molar-refractivity contribution < 1.29 is 22.7 Å². The molecule has 0 aliphatic heterocycles. The lowest BCUT2D eigenvalue weighted by molar-refractivity contribution is -0.116. The molecule has 2 rings (SSSR count). The number of ether oxygens (including phenoxy) is 2. The SMILES string of the molecule is COc1ccc(NC(=O)CCc2ccc(S(=O)(=O)N(C)C)cc2)cc1OC. The molecule has 0 unspecified atom stereocenters. The molecule has 0 fully saturated rings. The summed E-state index contributed by atoms with van der Waals surface area (Å²) in [6, 6.07) is 11.7. The lowest BCUT2D eigenvalue weighted by Crippen LogP contribution is -2.22. The zero-order chi connectivity index (χ0) is 20.0. The van der Waals surface area contributed by atoms with Gasteiger partial charge in [0.15, 0.2) is 11.5 Å². The van der Waals surface area contributed by atoms with Gasteiger partial charge in [-0.25, -0.2) is 12.7 Å². The van der Waals surface area contributed by atoms with E-state index in [9.17, 15) is 13.2 Å². The summed E-state index contributed by atoms with van der Waals surface area (Å²) in [6.07, 6.45) is 0.773. The van der Waals surface area contributed by atoms with Crippen LogP contribution in [0.1, 0.15) is 12.0 Å². The summed E-state index contributed by atoms with van der Waals surface area (Å²) >= 11 is 0. The zero-order valence-electron chi connectivity index (χ0n) is 15.9. The third kappa shape index (κ3) is 5.21. The summed E-state index contributed by atoms with van der Waals surface area (Å²) in [4.78, 5) is 12.4. The van der Waals surface area contributed by atoms with Crippen molar-refractivity contribution in [1.82, 2.24) is 4.31 Å². The topological polar surface area (TPSA) is 84.9 Å². The third-order valence-corrected chi connectivity index (χ3v) is 5.84. The van der Waals surface area contributed by atoms with Gasteiger partial charge < -0.3 is 14.8 Å². The Balaban J connectivity index is 1.96. The highest BCUT2D eigenvalue weighted by molar-refractivity contribution is 7.89. The highest BCUT2D eigenvalue weighted by Crippen LogP contribution is 2.29. The third-order valence-electron chi connectivity index (χ3n) is 4.01. The molecule has 0 atom stereocenters. The molecule has 7 nitrogen and oxygen atoms in total. The van der Waals surface area contributed by atoms with E-state index in [1.165, 1.54) is 25.5 Å². The maximum Gasteiger partial charge on any atom is 0.242 e. The molecule has 0 aliphatic carbocycles. The van der Waals surface area contributed by atoms with Crippen molar-refractivity contribution in [3.05, 3.63) is 48.0 Å².